The lowest BCUT2D eigenvalue weighted by Gasteiger charge is -2.23. The van der Waals surface area contributed by atoms with Gasteiger partial charge in [0.15, 0.2) is 0 Å². The van der Waals surface area contributed by atoms with Crippen molar-refractivity contribution in [3.63, 3.8) is 0 Å². The van der Waals surface area contributed by atoms with E-state index in [1.165, 1.54) is 0 Å². The Morgan fingerprint density at radius 1 is 1.13 bits per heavy atom. The quantitative estimate of drug-likeness (QED) is 0.583. The highest BCUT2D eigenvalue weighted by Gasteiger charge is 2.49. The number of furan rings is 1. The van der Waals surface area contributed by atoms with E-state index < -0.39 is 11.6 Å². The number of nitrogens with zero attached hydrogens (tertiary/aromatic N) is 1. The van der Waals surface area contributed by atoms with E-state index in [0.717, 1.165) is 21.8 Å². The summed E-state index contributed by atoms with van der Waals surface area (Å²) in [7, 11) is 0. The molecule has 2 heterocycles. The molecule has 0 unspecified atom stereocenters. The lowest BCUT2D eigenvalue weighted by atomic mass is 9.93. The maximum absolute atomic E-state index is 12.6. The maximum Gasteiger partial charge on any atom is 0.325 e. The fourth-order valence-corrected chi connectivity index (χ4v) is 3.44. The fraction of sp³-hybridized carbons (Fsp3) is 0.409. The van der Waals surface area contributed by atoms with Crippen LogP contribution in [0.2, 0.25) is 0 Å². The van der Waals surface area contributed by atoms with E-state index in [2.05, 4.69) is 10.6 Å². The van der Waals surface area contributed by atoms with Gasteiger partial charge in [-0.05, 0) is 36.1 Å². The fourth-order valence-electron chi connectivity index (χ4n) is 3.44. The Balaban J connectivity index is 1.49. The van der Waals surface area contributed by atoms with Crippen molar-refractivity contribution in [1.29, 1.82) is 0 Å². The summed E-state index contributed by atoms with van der Waals surface area (Å²) in [6.45, 7) is 4.49. The van der Waals surface area contributed by atoms with Crippen molar-refractivity contribution in [2.45, 2.75) is 52.0 Å². The molecule has 0 radical (unpaired) electrons. The zero-order valence-electron chi connectivity index (χ0n) is 17.3. The molecule has 1 aliphatic heterocycles. The first kappa shape index (κ1) is 21.6. The van der Waals surface area contributed by atoms with Gasteiger partial charge in [0.25, 0.3) is 5.91 Å². The molecule has 160 valence electrons. The normalized spacial score (nSPS) is 15.3. The largest absolute Gasteiger partial charge is 0.467 e. The monoisotopic (exact) mass is 413 g/mol. The second-order valence-corrected chi connectivity index (χ2v) is 7.28. The number of amides is 4. The highest BCUT2D eigenvalue weighted by Crippen LogP contribution is 2.24. The molecule has 3 rings (SSSR count). The van der Waals surface area contributed by atoms with E-state index in [1.54, 1.807) is 6.26 Å². The highest BCUT2D eigenvalue weighted by atomic mass is 16.5. The highest BCUT2D eigenvalue weighted by molar-refractivity contribution is 6.08. The number of rotatable bonds is 10. The average molecular weight is 413 g/mol. The molecule has 0 spiro atoms. The van der Waals surface area contributed by atoms with E-state index in [-0.39, 0.29) is 18.4 Å². The van der Waals surface area contributed by atoms with Crippen LogP contribution >= 0.6 is 0 Å². The summed E-state index contributed by atoms with van der Waals surface area (Å²) >= 11 is 0. The summed E-state index contributed by atoms with van der Waals surface area (Å²) in [5, 5.41) is 5.49. The van der Waals surface area contributed by atoms with Gasteiger partial charge in [0.05, 0.1) is 12.9 Å². The molecule has 0 atom stereocenters. The Bertz CT molecular complexity index is 890. The first-order valence-corrected chi connectivity index (χ1v) is 10.1. The lowest BCUT2D eigenvalue weighted by molar-refractivity contribution is -0.135. The van der Waals surface area contributed by atoms with Gasteiger partial charge in [0.1, 0.15) is 24.5 Å². The van der Waals surface area contributed by atoms with E-state index in [4.69, 9.17) is 9.15 Å². The summed E-state index contributed by atoms with van der Waals surface area (Å²) in [5.74, 6) is 0.0263. The minimum absolute atomic E-state index is 0.293. The summed E-state index contributed by atoms with van der Waals surface area (Å²) in [4.78, 5) is 38.0. The molecule has 2 N–H and O–H groups in total. The van der Waals surface area contributed by atoms with Crippen LogP contribution in [-0.2, 0) is 34.1 Å². The van der Waals surface area contributed by atoms with Crippen LogP contribution in [0.5, 0.6) is 0 Å². The van der Waals surface area contributed by atoms with Crippen molar-refractivity contribution in [1.82, 2.24) is 15.5 Å². The third-order valence-electron chi connectivity index (χ3n) is 5.33. The maximum atomic E-state index is 12.6. The van der Waals surface area contributed by atoms with Crippen molar-refractivity contribution in [2.24, 2.45) is 0 Å². The van der Waals surface area contributed by atoms with Crippen LogP contribution in [0.3, 0.4) is 0 Å². The van der Waals surface area contributed by atoms with Gasteiger partial charge in [-0.3, -0.25) is 14.5 Å². The molecule has 30 heavy (non-hydrogen) atoms. The Morgan fingerprint density at radius 2 is 1.90 bits per heavy atom. The van der Waals surface area contributed by atoms with Crippen LogP contribution in [0.15, 0.2) is 47.1 Å². The van der Waals surface area contributed by atoms with E-state index in [9.17, 15) is 14.4 Å². The number of urea groups is 1. The first-order chi connectivity index (χ1) is 14.5. The van der Waals surface area contributed by atoms with Crippen LogP contribution in [-0.4, -0.2) is 34.8 Å². The van der Waals surface area contributed by atoms with Crippen LogP contribution in [0.1, 0.15) is 43.6 Å². The molecule has 1 aliphatic rings. The third kappa shape index (κ3) is 4.88. The summed E-state index contributed by atoms with van der Waals surface area (Å²) < 4.78 is 10.9. The number of hydrogen-bond acceptors (Lipinski definition) is 5. The van der Waals surface area contributed by atoms with Gasteiger partial charge in [-0.2, -0.15) is 0 Å². The zero-order valence-corrected chi connectivity index (χ0v) is 17.3. The van der Waals surface area contributed by atoms with Crippen molar-refractivity contribution < 1.29 is 23.5 Å². The SMILES string of the molecule is CCC1(CC)NC(=O)N(CC(=O)NCc2cccc(COCc3ccco3)c2)C1=O. The molecule has 0 saturated carbocycles. The van der Waals surface area contributed by atoms with Crippen molar-refractivity contribution in [3.8, 4) is 0 Å². The van der Waals surface area contributed by atoms with Crippen molar-refractivity contribution in [2.75, 3.05) is 6.54 Å². The second-order valence-electron chi connectivity index (χ2n) is 7.28. The Morgan fingerprint density at radius 3 is 2.57 bits per heavy atom. The molecule has 8 nitrogen and oxygen atoms in total. The zero-order chi connectivity index (χ0) is 21.6. The van der Waals surface area contributed by atoms with Gasteiger partial charge in [-0.25, -0.2) is 4.79 Å². The van der Waals surface area contributed by atoms with Gasteiger partial charge >= 0.3 is 6.03 Å². The Labute approximate surface area is 175 Å². The predicted octanol–water partition coefficient (Wildman–Crippen LogP) is 2.72. The summed E-state index contributed by atoms with van der Waals surface area (Å²) in [6, 6.07) is 10.8. The minimum Gasteiger partial charge on any atom is -0.467 e. The standard InChI is InChI=1S/C22H27N3O5/c1-3-22(4-2)20(27)25(21(28)24-22)13-19(26)23-12-16-7-5-8-17(11-16)14-29-15-18-9-6-10-30-18/h5-11H,3-4,12-15H2,1-2H3,(H,23,26)(H,24,28). The Kier molecular flexibility index (Phi) is 6.89. The first-order valence-electron chi connectivity index (χ1n) is 10.1. The minimum atomic E-state index is -0.901. The second kappa shape index (κ2) is 9.58. The number of imide groups is 1. The molecule has 0 bridgehead atoms. The molecular weight excluding hydrogens is 386 g/mol. The van der Waals surface area contributed by atoms with Crippen LogP contribution in [0.4, 0.5) is 4.79 Å². The molecule has 0 aliphatic carbocycles. The van der Waals surface area contributed by atoms with Crippen LogP contribution < -0.4 is 10.6 Å². The molecule has 1 saturated heterocycles. The van der Waals surface area contributed by atoms with Gasteiger partial charge in [0, 0.05) is 6.54 Å². The topological polar surface area (TPSA) is 101 Å². The Hall–Kier alpha value is -3.13. The van der Waals surface area contributed by atoms with Crippen LogP contribution in [0, 0.1) is 0 Å². The van der Waals surface area contributed by atoms with Gasteiger partial charge in [-0.15, -0.1) is 0 Å². The van der Waals surface area contributed by atoms with Crippen molar-refractivity contribution >= 4 is 17.8 Å². The number of hydrogen-bond donors (Lipinski definition) is 2. The number of carbonyl (C=O) groups is 3. The summed E-state index contributed by atoms with van der Waals surface area (Å²) in [6.07, 6.45) is 2.58. The molecule has 1 aromatic heterocycles. The van der Waals surface area contributed by atoms with Gasteiger partial charge in [0.2, 0.25) is 5.91 Å². The molecule has 1 aromatic carbocycles. The molecule has 2 aromatic rings. The number of benzene rings is 1. The summed E-state index contributed by atoms with van der Waals surface area (Å²) in [5.41, 5.74) is 0.968. The van der Waals surface area contributed by atoms with E-state index >= 15 is 0 Å². The molecule has 1 fully saturated rings. The lowest BCUT2D eigenvalue weighted by Crippen LogP contribution is -2.46. The third-order valence-corrected chi connectivity index (χ3v) is 5.33. The van der Waals surface area contributed by atoms with Gasteiger partial charge < -0.3 is 19.8 Å². The smallest absolute Gasteiger partial charge is 0.325 e. The molecule has 4 amide bonds. The number of ether oxygens (including phenoxy) is 1. The molecule has 8 heteroatoms. The average Bonchev–Trinajstić information content (AvgIpc) is 3.35. The van der Waals surface area contributed by atoms with Crippen molar-refractivity contribution in [3.05, 3.63) is 59.5 Å². The number of carbonyl (C=O) groups excluding carboxylic acids is 3. The van der Waals surface area contributed by atoms with Gasteiger partial charge in [-0.1, -0.05) is 38.1 Å². The molecular formula is C22H27N3O5. The van der Waals surface area contributed by atoms with E-state index in [0.29, 0.717) is 32.6 Å². The van der Waals surface area contributed by atoms with E-state index in [1.807, 2.05) is 50.2 Å². The predicted molar refractivity (Wildman–Crippen MR) is 109 cm³/mol. The number of nitrogens with one attached hydrogen (secondary N) is 2. The van der Waals surface area contributed by atoms with Crippen LogP contribution in [0.25, 0.3) is 0 Å².